The van der Waals surface area contributed by atoms with Gasteiger partial charge in [0.25, 0.3) is 0 Å². The Balaban J connectivity index is 2.33. The molecule has 0 saturated heterocycles. The van der Waals surface area contributed by atoms with Gasteiger partial charge >= 0.3 is 0 Å². The molecule has 0 spiro atoms. The molecule has 0 N–H and O–H groups in total. The Morgan fingerprint density at radius 1 is 1.00 bits per heavy atom. The van der Waals surface area contributed by atoms with E-state index in [4.69, 9.17) is 0 Å². The van der Waals surface area contributed by atoms with Crippen molar-refractivity contribution < 1.29 is 18.0 Å². The topological polar surface area (TPSA) is 17.1 Å². The third-order valence-corrected chi connectivity index (χ3v) is 3.03. The Morgan fingerprint density at radius 2 is 1.56 bits per heavy atom. The number of benzene rings is 1. The zero-order valence-electron chi connectivity index (χ0n) is 8.60. The number of hydrogen-bond donors (Lipinski definition) is 0. The SMILES string of the molecule is O=C1CCC(c2c(F)ccc(F)c2F)CC1. The van der Waals surface area contributed by atoms with Gasteiger partial charge < -0.3 is 0 Å². The van der Waals surface area contributed by atoms with Crippen LogP contribution in [0, 0.1) is 17.5 Å². The second-order valence-corrected chi connectivity index (χ2v) is 4.07. The van der Waals surface area contributed by atoms with Gasteiger partial charge in [-0.1, -0.05) is 0 Å². The van der Waals surface area contributed by atoms with Crippen LogP contribution in [0.4, 0.5) is 13.2 Å². The number of carbonyl (C=O) groups excluding carboxylic acids is 1. The van der Waals surface area contributed by atoms with Crippen LogP contribution in [0.2, 0.25) is 0 Å². The second-order valence-electron chi connectivity index (χ2n) is 4.07. The molecule has 0 unspecified atom stereocenters. The van der Waals surface area contributed by atoms with Crippen LogP contribution in [0.25, 0.3) is 0 Å². The summed E-state index contributed by atoms with van der Waals surface area (Å²) >= 11 is 0. The third kappa shape index (κ3) is 1.96. The zero-order valence-corrected chi connectivity index (χ0v) is 8.60. The zero-order chi connectivity index (χ0) is 11.7. The van der Waals surface area contributed by atoms with Crippen molar-refractivity contribution in [1.82, 2.24) is 0 Å². The Morgan fingerprint density at radius 3 is 2.19 bits per heavy atom. The van der Waals surface area contributed by atoms with E-state index in [9.17, 15) is 18.0 Å². The van der Waals surface area contributed by atoms with E-state index in [0.29, 0.717) is 25.7 Å². The maximum Gasteiger partial charge on any atom is 0.165 e. The highest BCUT2D eigenvalue weighted by Crippen LogP contribution is 2.34. The first-order chi connectivity index (χ1) is 7.59. The van der Waals surface area contributed by atoms with Gasteiger partial charge in [-0.05, 0) is 30.9 Å². The first kappa shape index (κ1) is 11.2. The van der Waals surface area contributed by atoms with Crippen molar-refractivity contribution in [1.29, 1.82) is 0 Å². The summed E-state index contributed by atoms with van der Waals surface area (Å²) in [5.74, 6) is -3.15. The van der Waals surface area contributed by atoms with Crippen molar-refractivity contribution in [3.63, 3.8) is 0 Å². The van der Waals surface area contributed by atoms with Crippen molar-refractivity contribution in [2.45, 2.75) is 31.6 Å². The number of rotatable bonds is 1. The lowest BCUT2D eigenvalue weighted by atomic mass is 9.83. The molecule has 0 amide bonds. The van der Waals surface area contributed by atoms with Gasteiger partial charge in [-0.15, -0.1) is 0 Å². The third-order valence-electron chi connectivity index (χ3n) is 3.03. The summed E-state index contributed by atoms with van der Waals surface area (Å²) in [7, 11) is 0. The molecule has 16 heavy (non-hydrogen) atoms. The summed E-state index contributed by atoms with van der Waals surface area (Å²) in [6, 6.07) is 1.71. The van der Waals surface area contributed by atoms with Gasteiger partial charge in [0, 0.05) is 18.4 Å². The molecule has 0 atom stereocenters. The van der Waals surface area contributed by atoms with Gasteiger partial charge in [0.2, 0.25) is 0 Å². The first-order valence-electron chi connectivity index (χ1n) is 5.24. The summed E-state index contributed by atoms with van der Waals surface area (Å²) in [6.07, 6.45) is 1.44. The van der Waals surface area contributed by atoms with Crippen LogP contribution in [0.1, 0.15) is 37.2 Å². The Kier molecular flexibility index (Phi) is 2.99. The molecule has 0 radical (unpaired) electrons. The summed E-state index contributed by atoms with van der Waals surface area (Å²) in [4.78, 5) is 11.0. The molecule has 86 valence electrons. The number of ketones is 1. The van der Waals surface area contributed by atoms with Crippen molar-refractivity contribution in [2.75, 3.05) is 0 Å². The fraction of sp³-hybridized carbons (Fsp3) is 0.417. The van der Waals surface area contributed by atoms with Crippen LogP contribution in [-0.2, 0) is 4.79 Å². The van der Waals surface area contributed by atoms with E-state index in [1.165, 1.54) is 0 Å². The standard InChI is InChI=1S/C12H11F3O/c13-9-5-6-10(14)12(15)11(9)7-1-3-8(16)4-2-7/h5-7H,1-4H2. The Bertz CT molecular complexity index is 419. The highest BCUT2D eigenvalue weighted by molar-refractivity contribution is 5.79. The van der Waals surface area contributed by atoms with Gasteiger partial charge in [0.05, 0.1) is 0 Å². The molecule has 0 heterocycles. The van der Waals surface area contributed by atoms with Crippen LogP contribution < -0.4 is 0 Å². The van der Waals surface area contributed by atoms with E-state index in [0.717, 1.165) is 12.1 Å². The molecule has 1 nitrogen and oxygen atoms in total. The monoisotopic (exact) mass is 228 g/mol. The summed E-state index contributed by atoms with van der Waals surface area (Å²) in [6.45, 7) is 0. The lowest BCUT2D eigenvalue weighted by molar-refractivity contribution is -0.120. The van der Waals surface area contributed by atoms with E-state index in [-0.39, 0.29) is 17.3 Å². The molecule has 0 bridgehead atoms. The van der Waals surface area contributed by atoms with E-state index in [1.54, 1.807) is 0 Å². The number of halogens is 3. The second kappa shape index (κ2) is 4.28. The average molecular weight is 228 g/mol. The van der Waals surface area contributed by atoms with Gasteiger partial charge in [0.15, 0.2) is 11.6 Å². The van der Waals surface area contributed by atoms with Crippen molar-refractivity contribution in [3.8, 4) is 0 Å². The minimum Gasteiger partial charge on any atom is -0.300 e. The normalized spacial score (nSPS) is 17.8. The van der Waals surface area contributed by atoms with Gasteiger partial charge in [-0.2, -0.15) is 0 Å². The highest BCUT2D eigenvalue weighted by Gasteiger charge is 2.26. The lowest BCUT2D eigenvalue weighted by Crippen LogP contribution is -2.15. The summed E-state index contributed by atoms with van der Waals surface area (Å²) in [5.41, 5.74) is -0.201. The smallest absolute Gasteiger partial charge is 0.165 e. The molecule has 1 fully saturated rings. The Hall–Kier alpha value is -1.32. The van der Waals surface area contributed by atoms with Crippen molar-refractivity contribution >= 4 is 5.78 Å². The van der Waals surface area contributed by atoms with Crippen LogP contribution in [-0.4, -0.2) is 5.78 Å². The van der Waals surface area contributed by atoms with Gasteiger partial charge in [-0.25, -0.2) is 13.2 Å². The largest absolute Gasteiger partial charge is 0.300 e. The van der Waals surface area contributed by atoms with Crippen LogP contribution >= 0.6 is 0 Å². The molecule has 1 aliphatic carbocycles. The lowest BCUT2D eigenvalue weighted by Gasteiger charge is -2.22. The fourth-order valence-electron chi connectivity index (χ4n) is 2.15. The Labute approximate surface area is 91.3 Å². The van der Waals surface area contributed by atoms with Gasteiger partial charge in [0.1, 0.15) is 11.6 Å². The molecule has 1 aromatic rings. The van der Waals surface area contributed by atoms with E-state index < -0.39 is 17.5 Å². The number of hydrogen-bond acceptors (Lipinski definition) is 1. The predicted molar refractivity (Wildman–Crippen MR) is 52.5 cm³/mol. The van der Waals surface area contributed by atoms with Gasteiger partial charge in [-0.3, -0.25) is 4.79 Å². The molecular weight excluding hydrogens is 217 g/mol. The number of carbonyl (C=O) groups is 1. The van der Waals surface area contributed by atoms with Crippen molar-refractivity contribution in [3.05, 3.63) is 35.1 Å². The van der Waals surface area contributed by atoms with Crippen LogP contribution in [0.15, 0.2) is 12.1 Å². The molecule has 1 saturated carbocycles. The van der Waals surface area contributed by atoms with Crippen LogP contribution in [0.3, 0.4) is 0 Å². The quantitative estimate of drug-likeness (QED) is 0.674. The van der Waals surface area contributed by atoms with E-state index in [1.807, 2.05) is 0 Å². The number of Topliss-reactive ketones (excluding diaryl/α,β-unsaturated/α-hetero) is 1. The molecule has 2 rings (SSSR count). The predicted octanol–water partition coefficient (Wildman–Crippen LogP) is 3.33. The maximum absolute atomic E-state index is 13.4. The minimum atomic E-state index is -1.11. The highest BCUT2D eigenvalue weighted by atomic mass is 19.2. The summed E-state index contributed by atoms with van der Waals surface area (Å²) < 4.78 is 39.8. The molecule has 1 aromatic carbocycles. The average Bonchev–Trinajstić information content (AvgIpc) is 2.27. The molecular formula is C12H11F3O. The maximum atomic E-state index is 13.4. The van der Waals surface area contributed by atoms with E-state index in [2.05, 4.69) is 0 Å². The van der Waals surface area contributed by atoms with E-state index >= 15 is 0 Å². The summed E-state index contributed by atoms with van der Waals surface area (Å²) in [5, 5.41) is 0. The molecule has 0 aliphatic heterocycles. The molecule has 4 heteroatoms. The fourth-order valence-corrected chi connectivity index (χ4v) is 2.15. The van der Waals surface area contributed by atoms with Crippen molar-refractivity contribution in [2.24, 2.45) is 0 Å². The molecule has 0 aromatic heterocycles. The molecule has 1 aliphatic rings. The van der Waals surface area contributed by atoms with Crippen LogP contribution in [0.5, 0.6) is 0 Å². The minimum absolute atomic E-state index is 0.105. The first-order valence-corrected chi connectivity index (χ1v) is 5.24.